The first-order chi connectivity index (χ1) is 6.16. The van der Waals surface area contributed by atoms with E-state index in [0.717, 1.165) is 6.42 Å². The third-order valence-corrected chi connectivity index (χ3v) is 2.19. The van der Waals surface area contributed by atoms with E-state index in [4.69, 9.17) is 11.6 Å². The molecular formula is C10H12ClFO. The van der Waals surface area contributed by atoms with Crippen LogP contribution in [-0.2, 0) is 0 Å². The van der Waals surface area contributed by atoms with Crippen molar-refractivity contribution in [3.63, 3.8) is 0 Å². The summed E-state index contributed by atoms with van der Waals surface area (Å²) >= 11 is 5.57. The molecule has 0 aromatic heterocycles. The molecule has 0 spiro atoms. The normalized spacial score (nSPS) is 12.9. The average molecular weight is 203 g/mol. The molecule has 1 rings (SSSR count). The summed E-state index contributed by atoms with van der Waals surface area (Å²) in [5.74, 6) is -0.509. The highest BCUT2D eigenvalue weighted by Crippen LogP contribution is 2.25. The smallest absolute Gasteiger partial charge is 0.147 e. The van der Waals surface area contributed by atoms with E-state index < -0.39 is 11.9 Å². The fraction of sp³-hybridized carbons (Fsp3) is 0.400. The van der Waals surface area contributed by atoms with Crippen molar-refractivity contribution in [3.8, 4) is 0 Å². The predicted octanol–water partition coefficient (Wildman–Crippen LogP) is 3.31. The third kappa shape index (κ3) is 2.42. The van der Waals surface area contributed by atoms with E-state index in [2.05, 4.69) is 0 Å². The molecule has 1 aromatic carbocycles. The van der Waals surface area contributed by atoms with E-state index in [1.807, 2.05) is 6.92 Å². The topological polar surface area (TPSA) is 20.2 Å². The number of benzene rings is 1. The van der Waals surface area contributed by atoms with Crippen LogP contribution in [0.3, 0.4) is 0 Å². The molecular weight excluding hydrogens is 191 g/mol. The molecule has 0 aliphatic rings. The molecule has 0 aliphatic carbocycles. The molecule has 1 nitrogen and oxygen atoms in total. The zero-order valence-electron chi connectivity index (χ0n) is 7.43. The fourth-order valence-electron chi connectivity index (χ4n) is 1.21. The van der Waals surface area contributed by atoms with Gasteiger partial charge in [-0.1, -0.05) is 37.1 Å². The predicted molar refractivity (Wildman–Crippen MR) is 51.3 cm³/mol. The molecule has 0 fully saturated rings. The van der Waals surface area contributed by atoms with Crippen LogP contribution >= 0.6 is 11.6 Å². The van der Waals surface area contributed by atoms with Gasteiger partial charge in [-0.2, -0.15) is 0 Å². The summed E-state index contributed by atoms with van der Waals surface area (Å²) in [4.78, 5) is 0. The Labute approximate surface area is 82.2 Å². The van der Waals surface area contributed by atoms with Gasteiger partial charge in [0.1, 0.15) is 5.82 Å². The minimum atomic E-state index is -0.747. The van der Waals surface area contributed by atoms with E-state index in [9.17, 15) is 9.50 Å². The Morgan fingerprint density at radius 1 is 1.54 bits per heavy atom. The van der Waals surface area contributed by atoms with Gasteiger partial charge in [0.25, 0.3) is 0 Å². The molecule has 0 amide bonds. The summed E-state index contributed by atoms with van der Waals surface area (Å²) in [6, 6.07) is 4.67. The SMILES string of the molecule is CCC[C@@H](O)c1cccc(Cl)c1F. The van der Waals surface area contributed by atoms with Crippen molar-refractivity contribution < 1.29 is 9.50 Å². The molecule has 0 saturated heterocycles. The van der Waals surface area contributed by atoms with Crippen LogP contribution in [0.5, 0.6) is 0 Å². The standard InChI is InChI=1S/C10H12ClFO/c1-2-4-9(13)7-5-3-6-8(11)10(7)12/h3,5-6,9,13H,2,4H2,1H3/t9-/m1/s1. The Kier molecular flexibility index (Phi) is 3.70. The van der Waals surface area contributed by atoms with Gasteiger partial charge in [0.05, 0.1) is 11.1 Å². The van der Waals surface area contributed by atoms with Crippen LogP contribution in [0.2, 0.25) is 5.02 Å². The van der Waals surface area contributed by atoms with Crippen LogP contribution in [0.4, 0.5) is 4.39 Å². The van der Waals surface area contributed by atoms with Crippen LogP contribution < -0.4 is 0 Å². The molecule has 72 valence electrons. The maximum atomic E-state index is 13.3. The first-order valence-electron chi connectivity index (χ1n) is 4.28. The highest BCUT2D eigenvalue weighted by molar-refractivity contribution is 6.30. The van der Waals surface area contributed by atoms with E-state index in [1.165, 1.54) is 6.07 Å². The van der Waals surface area contributed by atoms with Crippen molar-refractivity contribution in [2.75, 3.05) is 0 Å². The van der Waals surface area contributed by atoms with E-state index in [0.29, 0.717) is 6.42 Å². The first-order valence-corrected chi connectivity index (χ1v) is 4.66. The van der Waals surface area contributed by atoms with Crippen LogP contribution in [0.1, 0.15) is 31.4 Å². The lowest BCUT2D eigenvalue weighted by atomic mass is 10.1. The van der Waals surface area contributed by atoms with E-state index in [-0.39, 0.29) is 10.6 Å². The van der Waals surface area contributed by atoms with Gasteiger partial charge in [-0.3, -0.25) is 0 Å². The first kappa shape index (κ1) is 10.5. The van der Waals surface area contributed by atoms with Gasteiger partial charge in [0.2, 0.25) is 0 Å². The largest absolute Gasteiger partial charge is 0.388 e. The Bertz CT molecular complexity index is 288. The number of aliphatic hydroxyl groups excluding tert-OH is 1. The summed E-state index contributed by atoms with van der Waals surface area (Å²) in [7, 11) is 0. The highest BCUT2D eigenvalue weighted by atomic mass is 35.5. The molecule has 13 heavy (non-hydrogen) atoms. The molecule has 1 N–H and O–H groups in total. The van der Waals surface area contributed by atoms with Crippen LogP contribution in [0.15, 0.2) is 18.2 Å². The van der Waals surface area contributed by atoms with Crippen molar-refractivity contribution in [2.45, 2.75) is 25.9 Å². The number of hydrogen-bond acceptors (Lipinski definition) is 1. The summed E-state index contributed by atoms with van der Waals surface area (Å²) in [6.07, 6.45) is 0.619. The molecule has 0 saturated carbocycles. The number of hydrogen-bond donors (Lipinski definition) is 1. The van der Waals surface area contributed by atoms with Crippen molar-refractivity contribution in [1.29, 1.82) is 0 Å². The maximum absolute atomic E-state index is 13.3. The Morgan fingerprint density at radius 2 is 2.23 bits per heavy atom. The van der Waals surface area contributed by atoms with E-state index >= 15 is 0 Å². The van der Waals surface area contributed by atoms with Crippen molar-refractivity contribution >= 4 is 11.6 Å². The summed E-state index contributed by atoms with van der Waals surface area (Å²) in [6.45, 7) is 1.94. The molecule has 3 heteroatoms. The summed E-state index contributed by atoms with van der Waals surface area (Å²) in [5.41, 5.74) is 0.286. The highest BCUT2D eigenvalue weighted by Gasteiger charge is 2.13. The summed E-state index contributed by atoms with van der Waals surface area (Å²) < 4.78 is 13.3. The minimum absolute atomic E-state index is 0.0626. The second-order valence-corrected chi connectivity index (χ2v) is 3.35. The second kappa shape index (κ2) is 4.58. The van der Waals surface area contributed by atoms with E-state index in [1.54, 1.807) is 12.1 Å². The van der Waals surface area contributed by atoms with Crippen LogP contribution in [0, 0.1) is 5.82 Å². The molecule has 0 aliphatic heterocycles. The molecule has 0 radical (unpaired) electrons. The van der Waals surface area contributed by atoms with Gasteiger partial charge in [-0.15, -0.1) is 0 Å². The third-order valence-electron chi connectivity index (χ3n) is 1.90. The molecule has 1 aromatic rings. The van der Waals surface area contributed by atoms with Gasteiger partial charge in [-0.05, 0) is 12.5 Å². The molecule has 0 heterocycles. The fourth-order valence-corrected chi connectivity index (χ4v) is 1.39. The quantitative estimate of drug-likeness (QED) is 0.798. The zero-order valence-corrected chi connectivity index (χ0v) is 8.18. The monoisotopic (exact) mass is 202 g/mol. The van der Waals surface area contributed by atoms with Gasteiger partial charge in [0.15, 0.2) is 0 Å². The van der Waals surface area contributed by atoms with Crippen molar-refractivity contribution in [1.82, 2.24) is 0 Å². The Morgan fingerprint density at radius 3 is 2.85 bits per heavy atom. The van der Waals surface area contributed by atoms with Gasteiger partial charge >= 0.3 is 0 Å². The molecule has 1 atom stereocenters. The second-order valence-electron chi connectivity index (χ2n) is 2.95. The van der Waals surface area contributed by atoms with Gasteiger partial charge < -0.3 is 5.11 Å². The molecule has 0 bridgehead atoms. The van der Waals surface area contributed by atoms with Crippen LogP contribution in [0.25, 0.3) is 0 Å². The Balaban J connectivity index is 2.93. The van der Waals surface area contributed by atoms with Gasteiger partial charge in [-0.25, -0.2) is 4.39 Å². The lowest BCUT2D eigenvalue weighted by Gasteiger charge is -2.10. The Hall–Kier alpha value is -0.600. The van der Waals surface area contributed by atoms with Crippen molar-refractivity contribution in [2.24, 2.45) is 0 Å². The average Bonchev–Trinajstić information content (AvgIpc) is 2.10. The van der Waals surface area contributed by atoms with Gasteiger partial charge in [0, 0.05) is 5.56 Å². The maximum Gasteiger partial charge on any atom is 0.147 e. The number of rotatable bonds is 3. The van der Waals surface area contributed by atoms with Crippen LogP contribution in [-0.4, -0.2) is 5.11 Å². The lowest BCUT2D eigenvalue weighted by Crippen LogP contribution is -2.00. The summed E-state index contributed by atoms with van der Waals surface area (Å²) in [5, 5.41) is 9.59. The number of halogens is 2. The lowest BCUT2D eigenvalue weighted by molar-refractivity contribution is 0.162. The van der Waals surface area contributed by atoms with Crippen molar-refractivity contribution in [3.05, 3.63) is 34.6 Å². The number of aliphatic hydroxyl groups is 1. The minimum Gasteiger partial charge on any atom is -0.388 e. The molecule has 0 unspecified atom stereocenters. The zero-order chi connectivity index (χ0) is 9.84.